The monoisotopic (exact) mass is 300 g/mol. The van der Waals surface area contributed by atoms with Gasteiger partial charge < -0.3 is 5.73 Å². The molecule has 2 rings (SSSR count). The lowest BCUT2D eigenvalue weighted by atomic mass is 9.98. The maximum Gasteiger partial charge on any atom is 0.416 e. The van der Waals surface area contributed by atoms with E-state index in [1.54, 1.807) is 6.07 Å². The molecule has 0 spiro atoms. The fourth-order valence-corrected chi connectivity index (χ4v) is 2.61. The summed E-state index contributed by atoms with van der Waals surface area (Å²) in [6, 6.07) is 5.08. The van der Waals surface area contributed by atoms with Gasteiger partial charge in [0.1, 0.15) is 15.7 Å². The Kier molecular flexibility index (Phi) is 3.54. The number of hydrogen-bond donors (Lipinski definition) is 1. The van der Waals surface area contributed by atoms with Crippen molar-refractivity contribution in [3.63, 3.8) is 0 Å². The molecule has 0 aliphatic rings. The van der Waals surface area contributed by atoms with Crippen LogP contribution in [0, 0.1) is 0 Å². The van der Waals surface area contributed by atoms with Crippen molar-refractivity contribution in [2.45, 2.75) is 32.4 Å². The molecule has 0 saturated carbocycles. The lowest BCUT2D eigenvalue weighted by molar-refractivity contribution is -0.137. The second-order valence-corrected chi connectivity index (χ2v) is 6.59. The maximum atomic E-state index is 12.7. The summed E-state index contributed by atoms with van der Waals surface area (Å²) in [4.78, 5) is 4.40. The van der Waals surface area contributed by atoms with Crippen LogP contribution in [0.4, 0.5) is 18.2 Å². The van der Waals surface area contributed by atoms with E-state index in [0.717, 1.165) is 17.1 Å². The third-order valence-electron chi connectivity index (χ3n) is 2.76. The van der Waals surface area contributed by atoms with Gasteiger partial charge in [0.2, 0.25) is 0 Å². The Hall–Kier alpha value is -1.56. The number of benzene rings is 1. The van der Waals surface area contributed by atoms with E-state index >= 15 is 0 Å². The largest absolute Gasteiger partial charge is 0.416 e. The zero-order chi connectivity index (χ0) is 15.1. The van der Waals surface area contributed by atoms with Gasteiger partial charge in [-0.1, -0.05) is 32.9 Å². The van der Waals surface area contributed by atoms with E-state index in [1.807, 2.05) is 20.8 Å². The summed E-state index contributed by atoms with van der Waals surface area (Å²) in [5.41, 5.74) is 5.84. The van der Waals surface area contributed by atoms with Crippen LogP contribution in [-0.4, -0.2) is 4.98 Å². The van der Waals surface area contributed by atoms with Crippen molar-refractivity contribution in [3.05, 3.63) is 34.8 Å². The third-order valence-corrected chi connectivity index (χ3v) is 4.07. The minimum Gasteiger partial charge on any atom is -0.389 e. The molecular formula is C14H15F3N2S. The standard InChI is InChI=1S/C14H15F3N2S/c1-13(2,3)12-19-10(11(18)20-12)8-5-4-6-9(7-8)14(15,16)17/h4-7H,18H2,1-3H3. The second kappa shape index (κ2) is 4.77. The summed E-state index contributed by atoms with van der Waals surface area (Å²) in [5.74, 6) is 0. The molecule has 2 aromatic rings. The summed E-state index contributed by atoms with van der Waals surface area (Å²) in [6.07, 6.45) is -4.37. The Morgan fingerprint density at radius 3 is 2.30 bits per heavy atom. The Morgan fingerprint density at radius 1 is 1.15 bits per heavy atom. The molecule has 1 aromatic heterocycles. The van der Waals surface area contributed by atoms with E-state index in [4.69, 9.17) is 5.73 Å². The lowest BCUT2D eigenvalue weighted by Gasteiger charge is -2.13. The molecule has 0 aliphatic carbocycles. The Morgan fingerprint density at radius 2 is 1.80 bits per heavy atom. The number of nitrogens with two attached hydrogens (primary N) is 1. The SMILES string of the molecule is CC(C)(C)c1nc(-c2cccc(C(F)(F)F)c2)c(N)s1. The summed E-state index contributed by atoms with van der Waals surface area (Å²) < 4.78 is 38.2. The molecule has 0 radical (unpaired) electrons. The first kappa shape index (κ1) is 14.8. The van der Waals surface area contributed by atoms with Gasteiger partial charge in [0.25, 0.3) is 0 Å². The van der Waals surface area contributed by atoms with Gasteiger partial charge in [-0.25, -0.2) is 4.98 Å². The fraction of sp³-hybridized carbons (Fsp3) is 0.357. The summed E-state index contributed by atoms with van der Waals surface area (Å²) in [7, 11) is 0. The van der Waals surface area contributed by atoms with Crippen molar-refractivity contribution in [2.75, 3.05) is 5.73 Å². The molecule has 2 nitrogen and oxygen atoms in total. The molecule has 0 bridgehead atoms. The number of anilines is 1. The number of hydrogen-bond acceptors (Lipinski definition) is 3. The molecule has 1 aromatic carbocycles. The molecule has 0 saturated heterocycles. The normalized spacial score (nSPS) is 12.7. The van der Waals surface area contributed by atoms with Crippen molar-refractivity contribution in [1.82, 2.24) is 4.98 Å². The van der Waals surface area contributed by atoms with Gasteiger partial charge in [-0.3, -0.25) is 0 Å². The predicted octanol–water partition coefficient (Wildman–Crippen LogP) is 4.71. The minimum absolute atomic E-state index is 0.182. The molecule has 0 atom stereocenters. The van der Waals surface area contributed by atoms with Crippen LogP contribution in [0.5, 0.6) is 0 Å². The van der Waals surface area contributed by atoms with Crippen molar-refractivity contribution in [2.24, 2.45) is 0 Å². The average molecular weight is 300 g/mol. The van der Waals surface area contributed by atoms with Gasteiger partial charge in [0, 0.05) is 11.0 Å². The first-order valence-corrected chi connectivity index (χ1v) is 6.85. The number of nitrogens with zero attached hydrogens (tertiary/aromatic N) is 1. The molecule has 6 heteroatoms. The van der Waals surface area contributed by atoms with E-state index in [0.29, 0.717) is 16.3 Å². The molecule has 0 fully saturated rings. The molecule has 0 amide bonds. The lowest BCUT2D eigenvalue weighted by Crippen LogP contribution is -2.10. The van der Waals surface area contributed by atoms with Crippen LogP contribution in [0.3, 0.4) is 0 Å². The van der Waals surface area contributed by atoms with Crippen LogP contribution in [0.15, 0.2) is 24.3 Å². The highest BCUT2D eigenvalue weighted by molar-refractivity contribution is 7.16. The molecule has 108 valence electrons. The van der Waals surface area contributed by atoms with Crippen LogP contribution in [0.25, 0.3) is 11.3 Å². The number of thiazole rings is 1. The highest BCUT2D eigenvalue weighted by Gasteiger charge is 2.31. The summed E-state index contributed by atoms with van der Waals surface area (Å²) >= 11 is 1.31. The molecule has 20 heavy (non-hydrogen) atoms. The Labute approximate surface area is 119 Å². The number of nitrogen functional groups attached to an aromatic ring is 1. The van der Waals surface area contributed by atoms with Gasteiger partial charge >= 0.3 is 6.18 Å². The van der Waals surface area contributed by atoms with Crippen LogP contribution in [0.1, 0.15) is 31.3 Å². The predicted molar refractivity (Wildman–Crippen MR) is 75.7 cm³/mol. The van der Waals surface area contributed by atoms with Gasteiger partial charge in [0.15, 0.2) is 0 Å². The quantitative estimate of drug-likeness (QED) is 0.828. The third kappa shape index (κ3) is 2.95. The maximum absolute atomic E-state index is 12.7. The molecule has 0 aliphatic heterocycles. The van der Waals surface area contributed by atoms with Crippen molar-refractivity contribution < 1.29 is 13.2 Å². The molecule has 1 heterocycles. The number of aromatic nitrogens is 1. The fourth-order valence-electron chi connectivity index (χ4n) is 1.70. The Balaban J connectivity index is 2.50. The van der Waals surface area contributed by atoms with Gasteiger partial charge in [-0.05, 0) is 12.1 Å². The molecular weight excluding hydrogens is 285 g/mol. The minimum atomic E-state index is -4.37. The topological polar surface area (TPSA) is 38.9 Å². The smallest absolute Gasteiger partial charge is 0.389 e. The number of rotatable bonds is 1. The Bertz CT molecular complexity index is 624. The van der Waals surface area contributed by atoms with Crippen molar-refractivity contribution >= 4 is 16.3 Å². The van der Waals surface area contributed by atoms with Crippen LogP contribution >= 0.6 is 11.3 Å². The summed E-state index contributed by atoms with van der Waals surface area (Å²) in [6.45, 7) is 5.96. The molecule has 0 unspecified atom stereocenters. The van der Waals surface area contributed by atoms with Gasteiger partial charge in [-0.15, -0.1) is 11.3 Å². The first-order valence-electron chi connectivity index (χ1n) is 6.03. The summed E-state index contributed by atoms with van der Waals surface area (Å²) in [5, 5.41) is 1.25. The van der Waals surface area contributed by atoms with E-state index in [1.165, 1.54) is 17.4 Å². The molecule has 2 N–H and O–H groups in total. The number of halogens is 3. The van der Waals surface area contributed by atoms with Gasteiger partial charge in [0.05, 0.1) is 5.56 Å². The van der Waals surface area contributed by atoms with E-state index in [2.05, 4.69) is 4.98 Å². The number of alkyl halides is 3. The van der Waals surface area contributed by atoms with Gasteiger partial charge in [-0.2, -0.15) is 13.2 Å². The second-order valence-electron chi connectivity index (χ2n) is 5.56. The van der Waals surface area contributed by atoms with Crippen molar-refractivity contribution in [1.29, 1.82) is 0 Å². The first-order chi connectivity index (χ1) is 9.09. The van der Waals surface area contributed by atoms with E-state index in [9.17, 15) is 13.2 Å². The zero-order valence-electron chi connectivity index (χ0n) is 11.4. The van der Waals surface area contributed by atoms with Crippen LogP contribution in [-0.2, 0) is 11.6 Å². The average Bonchev–Trinajstić information content (AvgIpc) is 2.70. The van der Waals surface area contributed by atoms with E-state index in [-0.39, 0.29) is 5.41 Å². The zero-order valence-corrected chi connectivity index (χ0v) is 12.2. The van der Waals surface area contributed by atoms with Crippen LogP contribution in [0.2, 0.25) is 0 Å². The highest BCUT2D eigenvalue weighted by atomic mass is 32.1. The highest BCUT2D eigenvalue weighted by Crippen LogP contribution is 2.38. The van der Waals surface area contributed by atoms with Crippen LogP contribution < -0.4 is 5.73 Å². The van der Waals surface area contributed by atoms with E-state index < -0.39 is 11.7 Å². The van der Waals surface area contributed by atoms with Crippen molar-refractivity contribution in [3.8, 4) is 11.3 Å².